The molecule has 0 saturated carbocycles. The number of aromatic nitrogens is 2. The van der Waals surface area contributed by atoms with Crippen LogP contribution < -0.4 is 15.0 Å². The van der Waals surface area contributed by atoms with E-state index in [1.54, 1.807) is 59.0 Å². The van der Waals surface area contributed by atoms with Gasteiger partial charge < -0.3 is 20.1 Å². The number of hydrogen-bond acceptors (Lipinski definition) is 7. The summed E-state index contributed by atoms with van der Waals surface area (Å²) >= 11 is 0. The maximum Gasteiger partial charge on any atom is 0.326 e. The first-order valence-electron chi connectivity index (χ1n) is 12.4. The number of ether oxygens (including phenoxy) is 1. The third-order valence-corrected chi connectivity index (χ3v) is 8.91. The summed E-state index contributed by atoms with van der Waals surface area (Å²) in [6.07, 6.45) is -0.0325. The van der Waals surface area contributed by atoms with Gasteiger partial charge in [0.1, 0.15) is 11.8 Å². The fourth-order valence-electron chi connectivity index (χ4n) is 5.26. The van der Waals surface area contributed by atoms with Gasteiger partial charge in [0.05, 0.1) is 28.2 Å². The minimum atomic E-state index is -3.21. The smallest absolute Gasteiger partial charge is 0.326 e. The number of carbonyl (C=O) groups is 2. The van der Waals surface area contributed by atoms with Crippen LogP contribution in [0.2, 0.25) is 0 Å². The fourth-order valence-corrected chi connectivity index (χ4v) is 7.35. The number of fused-ring (bicyclic) bond motifs is 1. The summed E-state index contributed by atoms with van der Waals surface area (Å²) in [5, 5.41) is 18.0. The Bertz CT molecular complexity index is 1520. The van der Waals surface area contributed by atoms with Crippen molar-refractivity contribution in [2.24, 2.45) is 0 Å². The lowest BCUT2D eigenvalue weighted by atomic mass is 10.0. The van der Waals surface area contributed by atoms with E-state index in [4.69, 9.17) is 9.84 Å². The highest BCUT2D eigenvalue weighted by Gasteiger charge is 2.40. The first kappa shape index (κ1) is 26.0. The zero-order chi connectivity index (χ0) is 27.2. The van der Waals surface area contributed by atoms with Crippen molar-refractivity contribution >= 4 is 38.4 Å². The van der Waals surface area contributed by atoms with Crippen LogP contribution in [0, 0.1) is 0 Å². The Balaban J connectivity index is 1.58. The molecule has 2 N–H and O–H groups in total. The molecule has 3 heterocycles. The Kier molecular flexibility index (Phi) is 6.54. The SMILES string of the molecule is CC(F)Oc1cccc(-n2nc(N3CCC[C@H]3C(=O)O)c3cc(C(=O)N[C@@]4(C)CCS(=O)(=O)C4)ccc32)c1. The van der Waals surface area contributed by atoms with E-state index in [-0.39, 0.29) is 11.5 Å². The van der Waals surface area contributed by atoms with Crippen LogP contribution in [0.5, 0.6) is 5.75 Å². The van der Waals surface area contributed by atoms with Crippen molar-refractivity contribution in [3.8, 4) is 11.4 Å². The average molecular weight is 545 g/mol. The number of nitrogens with one attached hydrogen (secondary N) is 1. The van der Waals surface area contributed by atoms with Crippen LogP contribution in [0.4, 0.5) is 10.2 Å². The summed E-state index contributed by atoms with van der Waals surface area (Å²) in [4.78, 5) is 26.9. The summed E-state index contributed by atoms with van der Waals surface area (Å²) in [5.74, 6) is -0.755. The van der Waals surface area contributed by atoms with Crippen LogP contribution >= 0.6 is 0 Å². The van der Waals surface area contributed by atoms with Crippen molar-refractivity contribution in [3.63, 3.8) is 0 Å². The van der Waals surface area contributed by atoms with Gasteiger partial charge in [-0.2, -0.15) is 0 Å². The van der Waals surface area contributed by atoms with Crippen LogP contribution in [0.25, 0.3) is 16.6 Å². The Labute approximate surface area is 219 Å². The second-order valence-electron chi connectivity index (χ2n) is 10.2. The summed E-state index contributed by atoms with van der Waals surface area (Å²) in [7, 11) is -3.21. The monoisotopic (exact) mass is 544 g/mol. The van der Waals surface area contributed by atoms with Crippen molar-refractivity contribution in [3.05, 3.63) is 48.0 Å². The van der Waals surface area contributed by atoms with Gasteiger partial charge in [0.15, 0.2) is 15.7 Å². The number of halogens is 1. The molecule has 1 unspecified atom stereocenters. The predicted molar refractivity (Wildman–Crippen MR) is 139 cm³/mol. The van der Waals surface area contributed by atoms with Crippen LogP contribution in [-0.2, 0) is 14.6 Å². The van der Waals surface area contributed by atoms with Crippen molar-refractivity contribution in [2.75, 3.05) is 23.0 Å². The molecule has 2 saturated heterocycles. The highest BCUT2D eigenvalue weighted by molar-refractivity contribution is 7.91. The molecule has 12 heteroatoms. The minimum absolute atomic E-state index is 0.0230. The van der Waals surface area contributed by atoms with Crippen LogP contribution in [-0.4, -0.2) is 71.2 Å². The molecule has 0 bridgehead atoms. The van der Waals surface area contributed by atoms with Crippen molar-refractivity contribution in [1.29, 1.82) is 0 Å². The van der Waals surface area contributed by atoms with Gasteiger partial charge in [-0.25, -0.2) is 22.3 Å². The molecule has 2 aliphatic rings. The van der Waals surface area contributed by atoms with Crippen molar-refractivity contribution in [2.45, 2.75) is 51.0 Å². The molecule has 10 nitrogen and oxygen atoms in total. The van der Waals surface area contributed by atoms with Crippen molar-refractivity contribution < 1.29 is 32.2 Å². The van der Waals surface area contributed by atoms with E-state index in [1.165, 1.54) is 6.92 Å². The lowest BCUT2D eigenvalue weighted by molar-refractivity contribution is -0.138. The molecule has 202 valence electrons. The summed E-state index contributed by atoms with van der Waals surface area (Å²) in [6, 6.07) is 11.0. The van der Waals surface area contributed by atoms with Crippen LogP contribution in [0.15, 0.2) is 42.5 Å². The number of hydrogen-bond donors (Lipinski definition) is 2. The van der Waals surface area contributed by atoms with Crippen LogP contribution in [0.1, 0.15) is 43.5 Å². The van der Waals surface area contributed by atoms with E-state index in [2.05, 4.69) is 5.32 Å². The van der Waals surface area contributed by atoms with Gasteiger partial charge in [0.25, 0.3) is 5.91 Å². The molecule has 3 aromatic rings. The molecule has 2 aromatic carbocycles. The number of nitrogens with zero attached hydrogens (tertiary/aromatic N) is 3. The number of alkyl halides is 1. The van der Waals surface area contributed by atoms with Gasteiger partial charge >= 0.3 is 5.97 Å². The molecule has 2 aliphatic heterocycles. The van der Waals surface area contributed by atoms with Gasteiger partial charge in [-0.3, -0.25) is 4.79 Å². The van der Waals surface area contributed by atoms with Gasteiger partial charge in [0.2, 0.25) is 6.36 Å². The zero-order valence-corrected chi connectivity index (χ0v) is 21.9. The number of amides is 1. The maximum absolute atomic E-state index is 13.5. The van der Waals surface area contributed by atoms with Gasteiger partial charge in [-0.05, 0) is 56.5 Å². The molecule has 3 atom stereocenters. The summed E-state index contributed by atoms with van der Waals surface area (Å²) < 4.78 is 44.2. The fraction of sp³-hybridized carbons (Fsp3) is 0.423. The first-order valence-corrected chi connectivity index (χ1v) is 14.2. The second kappa shape index (κ2) is 9.57. The molecule has 0 radical (unpaired) electrons. The van der Waals surface area contributed by atoms with E-state index in [1.807, 2.05) is 0 Å². The molecular formula is C26H29FN4O6S. The van der Waals surface area contributed by atoms with Crippen LogP contribution in [0.3, 0.4) is 0 Å². The zero-order valence-electron chi connectivity index (χ0n) is 21.1. The lowest BCUT2D eigenvalue weighted by Crippen LogP contribution is -2.46. The summed E-state index contributed by atoms with van der Waals surface area (Å²) in [5.41, 5.74) is 0.632. The van der Waals surface area contributed by atoms with Gasteiger partial charge in [-0.1, -0.05) is 6.07 Å². The Morgan fingerprint density at radius 3 is 2.74 bits per heavy atom. The molecule has 1 amide bonds. The molecule has 2 fully saturated rings. The van der Waals surface area contributed by atoms with Gasteiger partial charge in [-0.15, -0.1) is 5.10 Å². The van der Waals surface area contributed by atoms with E-state index in [9.17, 15) is 27.5 Å². The predicted octanol–water partition coefficient (Wildman–Crippen LogP) is 3.08. The second-order valence-corrected chi connectivity index (χ2v) is 12.4. The van der Waals surface area contributed by atoms with Crippen molar-refractivity contribution in [1.82, 2.24) is 15.1 Å². The minimum Gasteiger partial charge on any atom is -0.480 e. The van der Waals surface area contributed by atoms with E-state index >= 15 is 0 Å². The Hall–Kier alpha value is -3.67. The largest absolute Gasteiger partial charge is 0.480 e. The molecule has 38 heavy (non-hydrogen) atoms. The molecular weight excluding hydrogens is 515 g/mol. The van der Waals surface area contributed by atoms with Gasteiger partial charge in [0, 0.05) is 30.5 Å². The van der Waals surface area contributed by atoms with E-state index in [0.29, 0.717) is 59.5 Å². The Morgan fingerprint density at radius 1 is 1.26 bits per heavy atom. The average Bonchev–Trinajstić information content (AvgIpc) is 3.53. The standard InChI is InChI=1S/C26H29FN4O6S/c1-16(27)37-19-6-3-5-18(14-19)31-21-9-8-17(24(32)28-26(2)10-12-38(35,36)15-26)13-20(21)23(29-31)30-11-4-7-22(30)25(33)34/h3,5-6,8-9,13-14,16,22H,4,7,10-12,15H2,1-2H3,(H,28,32)(H,33,34)/t16?,22-,26-/m0/s1. The third kappa shape index (κ3) is 5.04. The highest BCUT2D eigenvalue weighted by Crippen LogP contribution is 2.35. The number of rotatable bonds is 7. The quantitative estimate of drug-likeness (QED) is 0.464. The molecule has 1 aromatic heterocycles. The molecule has 0 aliphatic carbocycles. The molecule has 5 rings (SSSR count). The number of benzene rings is 2. The number of carboxylic acids is 1. The Morgan fingerprint density at radius 2 is 2.05 bits per heavy atom. The normalized spacial score (nSPS) is 23.4. The van der Waals surface area contributed by atoms with E-state index < -0.39 is 39.7 Å². The maximum atomic E-state index is 13.5. The topological polar surface area (TPSA) is 131 Å². The number of carboxylic acid groups (broad SMARTS) is 1. The number of anilines is 1. The number of aliphatic carboxylic acids is 1. The number of carbonyl (C=O) groups excluding carboxylic acids is 1. The molecule has 0 spiro atoms. The third-order valence-electron chi connectivity index (χ3n) is 7.01. The first-order chi connectivity index (χ1) is 17.9. The summed E-state index contributed by atoms with van der Waals surface area (Å²) in [6.45, 7) is 3.48. The number of sulfone groups is 1. The van der Waals surface area contributed by atoms with E-state index in [0.717, 1.165) is 0 Å². The lowest BCUT2D eigenvalue weighted by Gasteiger charge is -2.24. The highest BCUT2D eigenvalue weighted by atomic mass is 32.2.